The standard InChI is InChI=1S/C21H20O12/c22-6-14-16(27)18(29)19(30)21(32-14)33-20-11(26)5-13-15(17(20)28)10(25)4-12(31-13)7-1-2-8(23)9(24)3-7/h1-5,14,16,18-19,21-24,26-30H,6H2/t14-,16+,18-,19+,21-/m0/s1. The maximum atomic E-state index is 12.7. The molecule has 8 N–H and O–H groups in total. The van der Waals surface area contributed by atoms with E-state index in [1.165, 1.54) is 12.1 Å². The van der Waals surface area contributed by atoms with E-state index in [9.17, 15) is 45.6 Å². The molecule has 1 aromatic heterocycles. The van der Waals surface area contributed by atoms with Crippen LogP contribution in [-0.2, 0) is 4.74 Å². The van der Waals surface area contributed by atoms with Gasteiger partial charge in [-0.25, -0.2) is 0 Å². The van der Waals surface area contributed by atoms with Crippen LogP contribution < -0.4 is 10.2 Å². The summed E-state index contributed by atoms with van der Waals surface area (Å²) in [5.74, 6) is -3.11. The molecule has 0 aliphatic carbocycles. The maximum absolute atomic E-state index is 12.7. The van der Waals surface area contributed by atoms with Crippen LogP contribution in [0.25, 0.3) is 22.3 Å². The fourth-order valence-electron chi connectivity index (χ4n) is 3.49. The monoisotopic (exact) mass is 464 g/mol. The number of aliphatic hydroxyl groups is 4. The molecule has 33 heavy (non-hydrogen) atoms. The molecule has 1 saturated heterocycles. The number of aliphatic hydroxyl groups excluding tert-OH is 4. The van der Waals surface area contributed by atoms with Gasteiger partial charge in [-0.15, -0.1) is 0 Å². The lowest BCUT2D eigenvalue weighted by Crippen LogP contribution is -2.60. The summed E-state index contributed by atoms with van der Waals surface area (Å²) in [4.78, 5) is 12.7. The summed E-state index contributed by atoms with van der Waals surface area (Å²) in [7, 11) is 0. The highest BCUT2D eigenvalue weighted by atomic mass is 16.7. The van der Waals surface area contributed by atoms with Crippen LogP contribution in [0.2, 0.25) is 0 Å². The second kappa shape index (κ2) is 8.42. The SMILES string of the molecule is O=c1cc(-c2ccc(O)c(O)c2)oc2cc(O)c(O[C@@H]3O[C@@H](CO)[C@@H](O)[C@H](O)[C@H]3O)c(O)c12. The van der Waals surface area contributed by atoms with Crippen molar-refractivity contribution in [2.24, 2.45) is 0 Å². The molecule has 176 valence electrons. The van der Waals surface area contributed by atoms with E-state index in [1.807, 2.05) is 0 Å². The van der Waals surface area contributed by atoms with Gasteiger partial charge in [-0.3, -0.25) is 4.79 Å². The van der Waals surface area contributed by atoms with Crippen molar-refractivity contribution in [1.29, 1.82) is 0 Å². The third kappa shape index (κ3) is 3.90. The Balaban J connectivity index is 1.75. The average Bonchev–Trinajstić information content (AvgIpc) is 2.77. The Morgan fingerprint density at radius 3 is 2.27 bits per heavy atom. The van der Waals surface area contributed by atoms with Crippen LogP contribution in [0.15, 0.2) is 39.5 Å². The molecule has 1 aliphatic rings. The Hall–Kier alpha value is -3.55. The van der Waals surface area contributed by atoms with E-state index in [1.54, 1.807) is 0 Å². The number of phenolic OH excluding ortho intramolecular Hbond substituents is 4. The molecular formula is C21H20O12. The van der Waals surface area contributed by atoms with Crippen molar-refractivity contribution in [3.8, 4) is 40.1 Å². The van der Waals surface area contributed by atoms with Gasteiger partial charge in [-0.2, -0.15) is 0 Å². The highest BCUT2D eigenvalue weighted by molar-refractivity contribution is 5.89. The van der Waals surface area contributed by atoms with Crippen molar-refractivity contribution in [3.05, 3.63) is 40.6 Å². The van der Waals surface area contributed by atoms with Crippen LogP contribution in [0.5, 0.6) is 28.7 Å². The molecule has 0 unspecified atom stereocenters. The van der Waals surface area contributed by atoms with Gasteiger partial charge in [0.2, 0.25) is 12.0 Å². The lowest BCUT2D eigenvalue weighted by molar-refractivity contribution is -0.277. The second-order valence-corrected chi connectivity index (χ2v) is 7.44. The first-order chi connectivity index (χ1) is 15.6. The van der Waals surface area contributed by atoms with Crippen LogP contribution in [0.3, 0.4) is 0 Å². The molecular weight excluding hydrogens is 444 g/mol. The number of hydrogen-bond donors (Lipinski definition) is 8. The minimum absolute atomic E-state index is 0.0378. The van der Waals surface area contributed by atoms with Crippen LogP contribution in [0, 0.1) is 0 Å². The Bertz CT molecular complexity index is 1250. The summed E-state index contributed by atoms with van der Waals surface area (Å²) in [6.45, 7) is -0.723. The predicted octanol–water partition coefficient (Wildman–Crippen LogP) is -0.539. The lowest BCUT2D eigenvalue weighted by Gasteiger charge is -2.39. The third-order valence-corrected chi connectivity index (χ3v) is 5.27. The number of phenols is 4. The van der Waals surface area contributed by atoms with Crippen LogP contribution in [0.4, 0.5) is 0 Å². The molecule has 12 nitrogen and oxygen atoms in total. The van der Waals surface area contributed by atoms with E-state index < -0.39 is 65.7 Å². The first kappa shape index (κ1) is 22.6. The van der Waals surface area contributed by atoms with E-state index >= 15 is 0 Å². The molecule has 1 fully saturated rings. The summed E-state index contributed by atoms with van der Waals surface area (Å²) >= 11 is 0. The van der Waals surface area contributed by atoms with Gasteiger partial charge >= 0.3 is 0 Å². The molecule has 0 spiro atoms. The minimum atomic E-state index is -1.82. The van der Waals surface area contributed by atoms with E-state index in [4.69, 9.17) is 13.9 Å². The predicted molar refractivity (Wildman–Crippen MR) is 109 cm³/mol. The molecule has 2 aromatic carbocycles. The summed E-state index contributed by atoms with van der Waals surface area (Å²) in [5.41, 5.74) is -0.777. The number of rotatable bonds is 4. The highest BCUT2D eigenvalue weighted by Crippen LogP contribution is 2.43. The molecule has 12 heteroatoms. The van der Waals surface area contributed by atoms with Gasteiger partial charge < -0.3 is 54.7 Å². The summed E-state index contributed by atoms with van der Waals surface area (Å²) < 4.78 is 16.0. The number of ether oxygens (including phenoxy) is 2. The molecule has 4 rings (SSSR count). The first-order valence-electron chi connectivity index (χ1n) is 9.64. The average molecular weight is 464 g/mol. The normalized spacial score (nSPS) is 25.3. The number of fused-ring (bicyclic) bond motifs is 1. The zero-order valence-electron chi connectivity index (χ0n) is 16.7. The topological polar surface area (TPSA) is 211 Å². The van der Waals surface area contributed by atoms with Crippen molar-refractivity contribution < 1.29 is 54.7 Å². The zero-order chi connectivity index (χ0) is 24.0. The number of benzene rings is 2. The molecule has 1 aliphatic heterocycles. The Morgan fingerprint density at radius 1 is 0.879 bits per heavy atom. The molecule has 0 amide bonds. The fraction of sp³-hybridized carbons (Fsp3) is 0.286. The first-order valence-corrected chi connectivity index (χ1v) is 9.64. The number of aromatic hydroxyl groups is 4. The van der Waals surface area contributed by atoms with E-state index in [0.717, 1.165) is 18.2 Å². The number of hydrogen-bond acceptors (Lipinski definition) is 12. The van der Waals surface area contributed by atoms with Gasteiger partial charge in [-0.05, 0) is 18.2 Å². The minimum Gasteiger partial charge on any atom is -0.504 e. The second-order valence-electron chi connectivity index (χ2n) is 7.44. The van der Waals surface area contributed by atoms with E-state index in [-0.39, 0.29) is 28.0 Å². The van der Waals surface area contributed by atoms with Gasteiger partial charge in [0.25, 0.3) is 0 Å². The molecule has 0 radical (unpaired) electrons. The Kier molecular flexibility index (Phi) is 5.78. The Morgan fingerprint density at radius 2 is 1.61 bits per heavy atom. The summed E-state index contributed by atoms with van der Waals surface area (Å²) in [6.07, 6.45) is -8.25. The Labute approximate surface area is 184 Å². The van der Waals surface area contributed by atoms with Crippen molar-refractivity contribution in [2.45, 2.75) is 30.7 Å². The van der Waals surface area contributed by atoms with Crippen molar-refractivity contribution >= 4 is 11.0 Å². The van der Waals surface area contributed by atoms with Crippen LogP contribution >= 0.6 is 0 Å². The molecule has 2 heterocycles. The largest absolute Gasteiger partial charge is 0.504 e. The molecule has 3 aromatic rings. The third-order valence-electron chi connectivity index (χ3n) is 5.27. The van der Waals surface area contributed by atoms with Gasteiger partial charge in [0.05, 0.1) is 6.61 Å². The van der Waals surface area contributed by atoms with Gasteiger partial charge in [0.1, 0.15) is 41.1 Å². The van der Waals surface area contributed by atoms with Gasteiger partial charge in [0.15, 0.2) is 28.4 Å². The van der Waals surface area contributed by atoms with Crippen LogP contribution in [-0.4, -0.2) is 78.2 Å². The van der Waals surface area contributed by atoms with Crippen molar-refractivity contribution in [1.82, 2.24) is 0 Å². The maximum Gasteiger partial charge on any atom is 0.229 e. The van der Waals surface area contributed by atoms with Gasteiger partial charge in [0, 0.05) is 17.7 Å². The van der Waals surface area contributed by atoms with Crippen molar-refractivity contribution in [3.63, 3.8) is 0 Å². The van der Waals surface area contributed by atoms with E-state index in [2.05, 4.69) is 0 Å². The highest BCUT2D eigenvalue weighted by Gasteiger charge is 2.45. The van der Waals surface area contributed by atoms with Crippen molar-refractivity contribution in [2.75, 3.05) is 6.61 Å². The smallest absolute Gasteiger partial charge is 0.229 e. The lowest BCUT2D eigenvalue weighted by atomic mass is 9.99. The van der Waals surface area contributed by atoms with Gasteiger partial charge in [-0.1, -0.05) is 0 Å². The molecule has 0 bridgehead atoms. The fourth-order valence-corrected chi connectivity index (χ4v) is 3.49. The van der Waals surface area contributed by atoms with E-state index in [0.29, 0.717) is 0 Å². The molecule has 0 saturated carbocycles. The summed E-state index contributed by atoms with van der Waals surface area (Å²) in [6, 6.07) is 5.66. The molecule has 5 atom stereocenters. The quantitative estimate of drug-likeness (QED) is 0.229. The van der Waals surface area contributed by atoms with Crippen LogP contribution in [0.1, 0.15) is 0 Å². The zero-order valence-corrected chi connectivity index (χ0v) is 16.7. The summed E-state index contributed by atoms with van der Waals surface area (Å²) in [5, 5.41) is 78.8.